The number of piperazine rings is 1. The van der Waals surface area contributed by atoms with Crippen molar-refractivity contribution < 1.29 is 4.39 Å². The molecule has 3 aromatic heterocycles. The lowest BCUT2D eigenvalue weighted by Gasteiger charge is -2.33. The first-order valence-corrected chi connectivity index (χ1v) is 11.6. The highest BCUT2D eigenvalue weighted by Crippen LogP contribution is 2.28. The molecule has 0 bridgehead atoms. The molecule has 0 atom stereocenters. The van der Waals surface area contributed by atoms with Crippen LogP contribution in [-0.2, 0) is 6.54 Å². The van der Waals surface area contributed by atoms with Crippen LogP contribution >= 0.6 is 0 Å². The fourth-order valence-electron chi connectivity index (χ4n) is 4.16. The Hall–Kier alpha value is -3.92. The van der Waals surface area contributed by atoms with Gasteiger partial charge in [0.05, 0.1) is 18.4 Å². The lowest BCUT2D eigenvalue weighted by molar-refractivity contribution is 0.312. The van der Waals surface area contributed by atoms with Crippen LogP contribution in [0.3, 0.4) is 0 Å². The van der Waals surface area contributed by atoms with Crippen molar-refractivity contribution in [3.63, 3.8) is 0 Å². The summed E-state index contributed by atoms with van der Waals surface area (Å²) in [6.07, 6.45) is 1.65. The molecule has 2 N–H and O–H groups in total. The van der Waals surface area contributed by atoms with Gasteiger partial charge in [0.1, 0.15) is 17.2 Å². The number of likely N-dealkylation sites (N-methyl/N-ethyl adjacent to an activating group) is 1. The summed E-state index contributed by atoms with van der Waals surface area (Å²) in [5.41, 5.74) is 9.98. The number of halogens is 1. The largest absolute Gasteiger partial charge is 0.381 e. The van der Waals surface area contributed by atoms with E-state index in [1.807, 2.05) is 50.2 Å². The SMILES string of the molecule is Cc1cccc(-c2nc(N)c(F)c(-c3cn(Cc4cccc(N5CCN(C)CC5)n4)nn3)n2)c1C. The zero-order valence-corrected chi connectivity index (χ0v) is 20.1. The zero-order valence-electron chi connectivity index (χ0n) is 20.1. The molecule has 1 saturated heterocycles. The molecule has 0 radical (unpaired) electrons. The van der Waals surface area contributed by atoms with E-state index >= 15 is 0 Å². The molecule has 4 heterocycles. The van der Waals surface area contributed by atoms with Crippen molar-refractivity contribution >= 4 is 11.6 Å². The van der Waals surface area contributed by atoms with Crippen LogP contribution in [0.4, 0.5) is 16.0 Å². The average Bonchev–Trinajstić information content (AvgIpc) is 3.31. The Morgan fingerprint density at radius 3 is 2.54 bits per heavy atom. The average molecular weight is 474 g/mol. The van der Waals surface area contributed by atoms with E-state index in [1.165, 1.54) is 0 Å². The standard InChI is InChI=1S/C25H28FN9/c1-16-6-4-8-19(17(16)2)25-29-23(22(26)24(27)30-25)20-15-35(32-31-20)14-18-7-5-9-21(28-18)34-12-10-33(3)11-13-34/h4-9,15H,10-14H2,1-3H3,(H2,27,29,30). The fraction of sp³-hybridized carbons (Fsp3) is 0.320. The second-order valence-electron chi connectivity index (χ2n) is 8.92. The molecule has 9 nitrogen and oxygen atoms in total. The second-order valence-corrected chi connectivity index (χ2v) is 8.92. The van der Waals surface area contributed by atoms with Crippen molar-refractivity contribution in [2.75, 3.05) is 43.9 Å². The smallest absolute Gasteiger partial charge is 0.193 e. The van der Waals surface area contributed by atoms with Crippen LogP contribution in [0.15, 0.2) is 42.6 Å². The predicted octanol–water partition coefficient (Wildman–Crippen LogP) is 2.94. The van der Waals surface area contributed by atoms with Gasteiger partial charge >= 0.3 is 0 Å². The molecule has 0 amide bonds. The van der Waals surface area contributed by atoms with E-state index in [0.717, 1.165) is 54.4 Å². The van der Waals surface area contributed by atoms with Crippen LogP contribution in [0.5, 0.6) is 0 Å². The quantitative estimate of drug-likeness (QED) is 0.472. The minimum absolute atomic E-state index is 0.0267. The van der Waals surface area contributed by atoms with Gasteiger partial charge in [-0.3, -0.25) is 0 Å². The van der Waals surface area contributed by atoms with E-state index in [1.54, 1.807) is 10.9 Å². The number of hydrogen-bond donors (Lipinski definition) is 1. The highest BCUT2D eigenvalue weighted by Gasteiger charge is 2.20. The first-order chi connectivity index (χ1) is 16.9. The lowest BCUT2D eigenvalue weighted by Crippen LogP contribution is -2.44. The van der Waals surface area contributed by atoms with Gasteiger partial charge in [-0.2, -0.15) is 0 Å². The summed E-state index contributed by atoms with van der Waals surface area (Å²) in [5.74, 6) is 0.378. The number of aromatic nitrogens is 6. The van der Waals surface area contributed by atoms with Gasteiger partial charge in [0.2, 0.25) is 0 Å². The Morgan fingerprint density at radius 1 is 0.971 bits per heavy atom. The summed E-state index contributed by atoms with van der Waals surface area (Å²) < 4.78 is 16.6. The van der Waals surface area contributed by atoms with E-state index < -0.39 is 5.82 Å². The van der Waals surface area contributed by atoms with Gasteiger partial charge in [0, 0.05) is 31.7 Å². The van der Waals surface area contributed by atoms with Crippen LogP contribution in [0.1, 0.15) is 16.8 Å². The van der Waals surface area contributed by atoms with Crippen molar-refractivity contribution in [3.8, 4) is 22.8 Å². The molecule has 35 heavy (non-hydrogen) atoms. The molecule has 10 heteroatoms. The van der Waals surface area contributed by atoms with Crippen LogP contribution in [0, 0.1) is 19.7 Å². The monoisotopic (exact) mass is 473 g/mol. The lowest BCUT2D eigenvalue weighted by atomic mass is 10.0. The minimum Gasteiger partial charge on any atom is -0.381 e. The Balaban J connectivity index is 1.41. The number of hydrogen-bond acceptors (Lipinski definition) is 8. The van der Waals surface area contributed by atoms with E-state index in [9.17, 15) is 4.39 Å². The maximum Gasteiger partial charge on any atom is 0.193 e. The normalized spacial score (nSPS) is 14.5. The van der Waals surface area contributed by atoms with Crippen LogP contribution < -0.4 is 10.6 Å². The number of anilines is 2. The summed E-state index contributed by atoms with van der Waals surface area (Å²) in [6.45, 7) is 8.29. The highest BCUT2D eigenvalue weighted by molar-refractivity contribution is 5.67. The van der Waals surface area contributed by atoms with Crippen molar-refractivity contribution in [3.05, 3.63) is 65.2 Å². The molecule has 5 rings (SSSR count). The van der Waals surface area contributed by atoms with Gasteiger partial charge in [-0.05, 0) is 44.2 Å². The maximum absolute atomic E-state index is 14.9. The molecule has 1 aromatic carbocycles. The van der Waals surface area contributed by atoms with Gasteiger partial charge in [-0.1, -0.05) is 29.5 Å². The Kier molecular flexibility index (Phi) is 6.12. The van der Waals surface area contributed by atoms with Crippen LogP contribution in [-0.4, -0.2) is 68.1 Å². The molecular weight excluding hydrogens is 445 g/mol. The van der Waals surface area contributed by atoms with Gasteiger partial charge in [-0.15, -0.1) is 5.10 Å². The summed E-state index contributed by atoms with van der Waals surface area (Å²) in [4.78, 5) is 18.0. The van der Waals surface area contributed by atoms with Crippen molar-refractivity contribution in [1.29, 1.82) is 0 Å². The van der Waals surface area contributed by atoms with Gasteiger partial charge in [0.25, 0.3) is 0 Å². The molecule has 1 aliphatic heterocycles. The number of rotatable bonds is 5. The third-order valence-corrected chi connectivity index (χ3v) is 6.45. The number of benzene rings is 1. The third kappa shape index (κ3) is 4.69. The number of nitrogens with zero attached hydrogens (tertiary/aromatic N) is 8. The maximum atomic E-state index is 14.9. The third-order valence-electron chi connectivity index (χ3n) is 6.45. The minimum atomic E-state index is -0.707. The van der Waals surface area contributed by atoms with Crippen LogP contribution in [0.25, 0.3) is 22.8 Å². The van der Waals surface area contributed by atoms with Gasteiger partial charge in [-0.25, -0.2) is 24.0 Å². The van der Waals surface area contributed by atoms with E-state index in [0.29, 0.717) is 18.1 Å². The van der Waals surface area contributed by atoms with E-state index in [2.05, 4.69) is 37.1 Å². The number of pyridine rings is 1. The molecule has 0 spiro atoms. The zero-order chi connectivity index (χ0) is 24.5. The van der Waals surface area contributed by atoms with Crippen molar-refractivity contribution in [1.82, 2.24) is 34.8 Å². The van der Waals surface area contributed by atoms with Crippen molar-refractivity contribution in [2.24, 2.45) is 0 Å². The molecule has 180 valence electrons. The fourth-order valence-corrected chi connectivity index (χ4v) is 4.16. The summed E-state index contributed by atoms with van der Waals surface area (Å²) in [7, 11) is 2.13. The molecule has 0 saturated carbocycles. The Bertz CT molecular complexity index is 1360. The number of aryl methyl sites for hydroxylation is 1. The first-order valence-electron chi connectivity index (χ1n) is 11.6. The highest BCUT2D eigenvalue weighted by atomic mass is 19.1. The molecule has 0 unspecified atom stereocenters. The number of nitrogens with two attached hydrogens (primary N) is 1. The molecule has 4 aromatic rings. The number of nitrogen functional groups attached to an aromatic ring is 1. The molecular formula is C25H28FN9. The van der Waals surface area contributed by atoms with Gasteiger partial charge < -0.3 is 15.5 Å². The molecule has 0 aliphatic carbocycles. The van der Waals surface area contributed by atoms with E-state index in [-0.39, 0.29) is 11.5 Å². The van der Waals surface area contributed by atoms with Crippen molar-refractivity contribution in [2.45, 2.75) is 20.4 Å². The van der Waals surface area contributed by atoms with E-state index in [4.69, 9.17) is 10.7 Å². The summed E-state index contributed by atoms with van der Waals surface area (Å²) in [5, 5.41) is 8.35. The first kappa shape index (κ1) is 22.9. The Morgan fingerprint density at radius 2 is 1.74 bits per heavy atom. The van der Waals surface area contributed by atoms with Gasteiger partial charge in [0.15, 0.2) is 17.5 Å². The summed E-state index contributed by atoms with van der Waals surface area (Å²) >= 11 is 0. The predicted molar refractivity (Wildman–Crippen MR) is 133 cm³/mol. The topological polar surface area (TPSA) is 102 Å². The molecule has 1 aliphatic rings. The van der Waals surface area contributed by atoms with Crippen LogP contribution in [0.2, 0.25) is 0 Å². The molecule has 1 fully saturated rings. The second kappa shape index (κ2) is 9.38. The Labute approximate surface area is 203 Å². The summed E-state index contributed by atoms with van der Waals surface area (Å²) in [6, 6.07) is 11.8.